The largest absolute Gasteiger partial charge is 0.383 e. The zero-order valence-electron chi connectivity index (χ0n) is 14.0. The van der Waals surface area contributed by atoms with Crippen molar-refractivity contribution < 1.29 is 9.53 Å². The number of rotatable bonds is 7. The third-order valence-electron chi connectivity index (χ3n) is 4.19. The van der Waals surface area contributed by atoms with Gasteiger partial charge in [-0.2, -0.15) is 0 Å². The molecule has 3 rings (SSSR count). The van der Waals surface area contributed by atoms with Crippen molar-refractivity contribution in [1.82, 2.24) is 14.9 Å². The highest BCUT2D eigenvalue weighted by atomic mass is 35.5. The topological polar surface area (TPSA) is 75.3 Å². The maximum atomic E-state index is 12.9. The van der Waals surface area contributed by atoms with Crippen LogP contribution in [0.3, 0.4) is 0 Å². The lowest BCUT2D eigenvalue weighted by molar-refractivity contribution is 0.0678. The minimum atomic E-state index is -0.400. The van der Waals surface area contributed by atoms with Crippen molar-refractivity contribution in [3.8, 4) is 0 Å². The van der Waals surface area contributed by atoms with Crippen LogP contribution in [0.4, 0.5) is 0 Å². The average Bonchev–Trinajstić information content (AvgIpc) is 3.44. The standard InChI is InChI=1S/C18H20ClN3O3/c1-25-9-8-22(11-13-4-2-3-5-15(13)19)18(24)14-10-20-16(12-6-7-12)21-17(14)23/h2-5,10,12H,6-9,11H2,1H3,(H,20,21,23). The van der Waals surface area contributed by atoms with E-state index in [0.717, 1.165) is 18.4 Å². The Balaban J connectivity index is 1.83. The number of hydrogen-bond donors (Lipinski definition) is 1. The van der Waals surface area contributed by atoms with Crippen LogP contribution in [-0.2, 0) is 11.3 Å². The fourth-order valence-corrected chi connectivity index (χ4v) is 2.78. The normalized spacial score (nSPS) is 13.7. The first-order valence-electron chi connectivity index (χ1n) is 8.21. The first-order chi connectivity index (χ1) is 12.1. The number of aromatic nitrogens is 2. The summed E-state index contributed by atoms with van der Waals surface area (Å²) in [5, 5.41) is 0.578. The number of H-pyrrole nitrogens is 1. The first kappa shape index (κ1) is 17.6. The highest BCUT2D eigenvalue weighted by molar-refractivity contribution is 6.31. The van der Waals surface area contributed by atoms with Gasteiger partial charge in [0.2, 0.25) is 0 Å². The van der Waals surface area contributed by atoms with E-state index in [4.69, 9.17) is 16.3 Å². The molecule has 0 atom stereocenters. The lowest BCUT2D eigenvalue weighted by Crippen LogP contribution is -2.37. The highest BCUT2D eigenvalue weighted by Crippen LogP contribution is 2.37. The molecule has 7 heteroatoms. The maximum Gasteiger partial charge on any atom is 0.263 e. The van der Waals surface area contributed by atoms with Gasteiger partial charge in [-0.15, -0.1) is 0 Å². The molecule has 1 aromatic heterocycles. The van der Waals surface area contributed by atoms with Gasteiger partial charge < -0.3 is 14.6 Å². The summed E-state index contributed by atoms with van der Waals surface area (Å²) >= 11 is 6.20. The van der Waals surface area contributed by atoms with Gasteiger partial charge in [-0.3, -0.25) is 9.59 Å². The summed E-state index contributed by atoms with van der Waals surface area (Å²) in [7, 11) is 1.57. The minimum absolute atomic E-state index is 0.0348. The maximum absolute atomic E-state index is 12.9. The van der Waals surface area contributed by atoms with Gasteiger partial charge in [0.05, 0.1) is 6.61 Å². The Morgan fingerprint density at radius 3 is 2.80 bits per heavy atom. The molecule has 1 amide bonds. The summed E-state index contributed by atoms with van der Waals surface area (Å²) in [6, 6.07) is 7.32. The number of nitrogens with zero attached hydrogens (tertiary/aromatic N) is 2. The van der Waals surface area contributed by atoms with Gasteiger partial charge in [-0.25, -0.2) is 4.98 Å². The highest BCUT2D eigenvalue weighted by Gasteiger charge is 2.27. The fraction of sp³-hybridized carbons (Fsp3) is 0.389. The Labute approximate surface area is 150 Å². The number of halogens is 1. The SMILES string of the molecule is COCCN(Cc1ccccc1Cl)C(=O)c1cnc(C2CC2)[nH]c1=O. The van der Waals surface area contributed by atoms with Crippen molar-refractivity contribution >= 4 is 17.5 Å². The molecule has 1 aliphatic carbocycles. The van der Waals surface area contributed by atoms with E-state index in [2.05, 4.69) is 9.97 Å². The molecule has 0 unspecified atom stereocenters. The third-order valence-corrected chi connectivity index (χ3v) is 4.55. The van der Waals surface area contributed by atoms with E-state index in [0.29, 0.717) is 36.5 Å². The van der Waals surface area contributed by atoms with Crippen molar-refractivity contribution in [2.75, 3.05) is 20.3 Å². The smallest absolute Gasteiger partial charge is 0.263 e. The van der Waals surface area contributed by atoms with Crippen LogP contribution in [0.1, 0.15) is 40.5 Å². The van der Waals surface area contributed by atoms with Crippen LogP contribution in [0.15, 0.2) is 35.3 Å². The van der Waals surface area contributed by atoms with E-state index in [-0.39, 0.29) is 11.5 Å². The quantitative estimate of drug-likeness (QED) is 0.822. The number of nitrogens with one attached hydrogen (secondary N) is 1. The van der Waals surface area contributed by atoms with E-state index in [1.54, 1.807) is 18.1 Å². The molecule has 0 bridgehead atoms. The Morgan fingerprint density at radius 1 is 1.40 bits per heavy atom. The van der Waals surface area contributed by atoms with Crippen molar-refractivity contribution in [2.45, 2.75) is 25.3 Å². The number of ether oxygens (including phenoxy) is 1. The molecule has 1 aliphatic rings. The summed E-state index contributed by atoms with van der Waals surface area (Å²) in [4.78, 5) is 33.7. The van der Waals surface area contributed by atoms with Crippen LogP contribution in [0, 0.1) is 0 Å². The van der Waals surface area contributed by atoms with Gasteiger partial charge >= 0.3 is 0 Å². The van der Waals surface area contributed by atoms with Crippen LogP contribution < -0.4 is 5.56 Å². The Bertz CT molecular complexity index is 817. The predicted octanol–water partition coefficient (Wildman–Crippen LogP) is 2.59. The van der Waals surface area contributed by atoms with E-state index >= 15 is 0 Å². The third kappa shape index (κ3) is 4.27. The van der Waals surface area contributed by atoms with Crippen LogP contribution in [-0.4, -0.2) is 41.0 Å². The molecule has 25 heavy (non-hydrogen) atoms. The molecule has 1 saturated carbocycles. The monoisotopic (exact) mass is 361 g/mol. The molecule has 1 aromatic carbocycles. The van der Waals surface area contributed by atoms with Crippen LogP contribution >= 0.6 is 11.6 Å². The van der Waals surface area contributed by atoms with E-state index in [9.17, 15) is 9.59 Å². The van der Waals surface area contributed by atoms with Gasteiger partial charge in [0.1, 0.15) is 11.4 Å². The zero-order chi connectivity index (χ0) is 17.8. The molecule has 2 aromatic rings. The van der Waals surface area contributed by atoms with Gasteiger partial charge in [-0.05, 0) is 24.5 Å². The molecule has 0 aliphatic heterocycles. The lowest BCUT2D eigenvalue weighted by atomic mass is 10.2. The first-order valence-corrected chi connectivity index (χ1v) is 8.58. The Hall–Kier alpha value is -2.18. The molecule has 1 fully saturated rings. The predicted molar refractivity (Wildman–Crippen MR) is 94.9 cm³/mol. The summed E-state index contributed by atoms with van der Waals surface area (Å²) in [6.07, 6.45) is 3.44. The van der Waals surface area contributed by atoms with Crippen molar-refractivity contribution in [3.63, 3.8) is 0 Å². The lowest BCUT2D eigenvalue weighted by Gasteiger charge is -2.22. The number of amides is 1. The van der Waals surface area contributed by atoms with Crippen molar-refractivity contribution in [1.29, 1.82) is 0 Å². The van der Waals surface area contributed by atoms with Gasteiger partial charge in [0.25, 0.3) is 11.5 Å². The molecule has 0 radical (unpaired) electrons. The van der Waals surface area contributed by atoms with Gasteiger partial charge in [-0.1, -0.05) is 29.8 Å². The van der Waals surface area contributed by atoms with Gasteiger partial charge in [0, 0.05) is 37.3 Å². The van der Waals surface area contributed by atoms with Crippen molar-refractivity contribution in [3.05, 3.63) is 62.8 Å². The average molecular weight is 362 g/mol. The van der Waals surface area contributed by atoms with E-state index in [1.165, 1.54) is 6.20 Å². The number of carbonyl (C=O) groups excluding carboxylic acids is 1. The number of methoxy groups -OCH3 is 1. The van der Waals surface area contributed by atoms with Crippen LogP contribution in [0.5, 0.6) is 0 Å². The van der Waals surface area contributed by atoms with E-state index in [1.807, 2.05) is 18.2 Å². The molecular formula is C18H20ClN3O3. The fourth-order valence-electron chi connectivity index (χ4n) is 2.58. The molecule has 6 nitrogen and oxygen atoms in total. The number of hydrogen-bond acceptors (Lipinski definition) is 4. The second kappa shape index (κ2) is 7.80. The molecule has 132 valence electrons. The van der Waals surface area contributed by atoms with Gasteiger partial charge in [0.15, 0.2) is 0 Å². The van der Waals surface area contributed by atoms with Crippen LogP contribution in [0.25, 0.3) is 0 Å². The summed E-state index contributed by atoms with van der Waals surface area (Å²) in [5.74, 6) is 0.605. The zero-order valence-corrected chi connectivity index (χ0v) is 14.8. The Kier molecular flexibility index (Phi) is 5.50. The summed E-state index contributed by atoms with van der Waals surface area (Å²) in [6.45, 7) is 1.01. The Morgan fingerprint density at radius 2 is 2.16 bits per heavy atom. The van der Waals surface area contributed by atoms with Crippen LogP contribution in [0.2, 0.25) is 5.02 Å². The molecule has 0 spiro atoms. The van der Waals surface area contributed by atoms with E-state index < -0.39 is 5.56 Å². The summed E-state index contributed by atoms with van der Waals surface area (Å²) in [5.41, 5.74) is 0.448. The molecule has 0 saturated heterocycles. The molecule has 1 heterocycles. The van der Waals surface area contributed by atoms with Crippen molar-refractivity contribution in [2.24, 2.45) is 0 Å². The number of aromatic amines is 1. The number of benzene rings is 1. The summed E-state index contributed by atoms with van der Waals surface area (Å²) < 4.78 is 5.09. The number of carbonyl (C=O) groups is 1. The second-order valence-electron chi connectivity index (χ2n) is 6.10. The second-order valence-corrected chi connectivity index (χ2v) is 6.50. The molecular weight excluding hydrogens is 342 g/mol. The minimum Gasteiger partial charge on any atom is -0.383 e. The molecule has 1 N–H and O–H groups in total.